The van der Waals surface area contributed by atoms with Crippen molar-refractivity contribution in [2.45, 2.75) is 59.0 Å². The molecule has 0 aliphatic carbocycles. The smallest absolute Gasteiger partial charge is 0.254 e. The number of carbonyl (C=O) groups excluding carboxylic acids is 3. The lowest BCUT2D eigenvalue weighted by Crippen LogP contribution is -2.50. The van der Waals surface area contributed by atoms with E-state index in [0.717, 1.165) is 36.8 Å². The van der Waals surface area contributed by atoms with E-state index in [1.807, 2.05) is 59.7 Å². The summed E-state index contributed by atoms with van der Waals surface area (Å²) in [7, 11) is 0. The normalized spacial score (nSPS) is 21.2. The highest BCUT2D eigenvalue weighted by molar-refractivity contribution is 5.98. The first kappa shape index (κ1) is 20.9. The summed E-state index contributed by atoms with van der Waals surface area (Å²) in [5, 5.41) is 0. The minimum Gasteiger partial charge on any atom is -0.342 e. The van der Waals surface area contributed by atoms with Crippen LogP contribution in [0.15, 0.2) is 24.3 Å². The Morgan fingerprint density at radius 1 is 0.900 bits per heavy atom. The first-order valence-corrected chi connectivity index (χ1v) is 11.2. The van der Waals surface area contributed by atoms with E-state index >= 15 is 0 Å². The van der Waals surface area contributed by atoms with E-state index in [1.54, 1.807) is 0 Å². The van der Waals surface area contributed by atoms with Gasteiger partial charge < -0.3 is 14.7 Å². The molecule has 6 heteroatoms. The van der Waals surface area contributed by atoms with Crippen molar-refractivity contribution in [3.63, 3.8) is 0 Å². The van der Waals surface area contributed by atoms with Crippen molar-refractivity contribution in [2.75, 3.05) is 26.2 Å². The fraction of sp³-hybridized carbons (Fsp3) is 0.625. The van der Waals surface area contributed by atoms with Crippen LogP contribution in [0.2, 0.25) is 0 Å². The molecule has 2 fully saturated rings. The molecule has 0 bridgehead atoms. The lowest BCUT2D eigenvalue weighted by atomic mass is 9.90. The number of amides is 3. The molecule has 0 N–H and O–H groups in total. The standard InChI is InChI=1S/C24H33N3O3/c1-24(2,3)23(30)26-12-8-17(9-13-26)21(28)25-14-10-19(11-15-25)27-16-18-6-4-5-7-20(18)22(27)29/h4-7,17,19H,8-16H2,1-3H3. The third kappa shape index (κ3) is 3.96. The van der Waals surface area contributed by atoms with Gasteiger partial charge in [0, 0.05) is 55.7 Å². The average Bonchev–Trinajstić information content (AvgIpc) is 3.09. The maximum atomic E-state index is 13.0. The molecular formula is C24H33N3O3. The second-order valence-electron chi connectivity index (χ2n) is 9.96. The Kier molecular flexibility index (Phi) is 5.60. The second kappa shape index (κ2) is 8.05. The van der Waals surface area contributed by atoms with Crippen LogP contribution in [0.3, 0.4) is 0 Å². The van der Waals surface area contributed by atoms with Gasteiger partial charge in [-0.1, -0.05) is 39.0 Å². The Bertz CT molecular complexity index is 828. The Morgan fingerprint density at radius 2 is 1.50 bits per heavy atom. The van der Waals surface area contributed by atoms with Crippen LogP contribution in [0, 0.1) is 11.3 Å². The van der Waals surface area contributed by atoms with Crippen LogP contribution < -0.4 is 0 Å². The first-order chi connectivity index (χ1) is 14.3. The molecule has 0 unspecified atom stereocenters. The van der Waals surface area contributed by atoms with Crippen LogP contribution in [-0.4, -0.2) is 64.6 Å². The molecule has 3 aliphatic heterocycles. The highest BCUT2D eigenvalue weighted by atomic mass is 16.2. The van der Waals surface area contributed by atoms with Crippen LogP contribution in [0.1, 0.15) is 62.4 Å². The first-order valence-electron chi connectivity index (χ1n) is 11.2. The Hall–Kier alpha value is -2.37. The Labute approximate surface area is 179 Å². The summed E-state index contributed by atoms with van der Waals surface area (Å²) in [4.78, 5) is 44.1. The molecule has 0 radical (unpaired) electrons. The SMILES string of the molecule is CC(C)(C)C(=O)N1CCC(C(=O)N2CCC(N3Cc4ccccc4C3=O)CC2)CC1. The van der Waals surface area contributed by atoms with Crippen LogP contribution >= 0.6 is 0 Å². The number of hydrogen-bond donors (Lipinski definition) is 0. The molecule has 3 heterocycles. The molecule has 3 amide bonds. The minimum atomic E-state index is -0.370. The van der Waals surface area contributed by atoms with Gasteiger partial charge in [-0.05, 0) is 37.3 Å². The largest absolute Gasteiger partial charge is 0.342 e. The maximum Gasteiger partial charge on any atom is 0.254 e. The molecule has 0 spiro atoms. The second-order valence-corrected chi connectivity index (χ2v) is 9.96. The van der Waals surface area contributed by atoms with Gasteiger partial charge in [0.05, 0.1) is 0 Å². The van der Waals surface area contributed by atoms with Gasteiger partial charge in [0.15, 0.2) is 0 Å². The number of hydrogen-bond acceptors (Lipinski definition) is 3. The highest BCUT2D eigenvalue weighted by Gasteiger charge is 2.37. The fourth-order valence-electron chi connectivity index (χ4n) is 5.03. The van der Waals surface area contributed by atoms with Crippen molar-refractivity contribution in [3.05, 3.63) is 35.4 Å². The molecule has 30 heavy (non-hydrogen) atoms. The van der Waals surface area contributed by atoms with Crippen LogP contribution in [0.4, 0.5) is 0 Å². The number of carbonyl (C=O) groups is 3. The number of fused-ring (bicyclic) bond motifs is 1. The van der Waals surface area contributed by atoms with Crippen molar-refractivity contribution >= 4 is 17.7 Å². The van der Waals surface area contributed by atoms with Crippen LogP contribution in [-0.2, 0) is 16.1 Å². The number of likely N-dealkylation sites (tertiary alicyclic amines) is 2. The van der Waals surface area contributed by atoms with Crippen molar-refractivity contribution in [2.24, 2.45) is 11.3 Å². The molecule has 6 nitrogen and oxygen atoms in total. The van der Waals surface area contributed by atoms with Gasteiger partial charge in [-0.2, -0.15) is 0 Å². The van der Waals surface area contributed by atoms with E-state index < -0.39 is 0 Å². The molecule has 0 atom stereocenters. The van der Waals surface area contributed by atoms with E-state index in [0.29, 0.717) is 32.7 Å². The average molecular weight is 412 g/mol. The molecule has 3 aliphatic rings. The van der Waals surface area contributed by atoms with E-state index in [1.165, 1.54) is 0 Å². The number of rotatable bonds is 2. The lowest BCUT2D eigenvalue weighted by molar-refractivity contribution is -0.145. The molecule has 0 aromatic heterocycles. The number of nitrogens with zero attached hydrogens (tertiary/aromatic N) is 3. The Morgan fingerprint density at radius 3 is 2.10 bits per heavy atom. The van der Waals surface area contributed by atoms with E-state index in [4.69, 9.17) is 0 Å². The van der Waals surface area contributed by atoms with Crippen molar-refractivity contribution in [1.82, 2.24) is 14.7 Å². The van der Waals surface area contributed by atoms with E-state index in [2.05, 4.69) is 0 Å². The Balaban J connectivity index is 1.28. The third-order valence-electron chi connectivity index (χ3n) is 6.84. The van der Waals surface area contributed by atoms with E-state index in [9.17, 15) is 14.4 Å². The molecule has 1 aromatic rings. The van der Waals surface area contributed by atoms with Crippen molar-refractivity contribution in [3.8, 4) is 0 Å². The zero-order chi connectivity index (χ0) is 21.5. The monoisotopic (exact) mass is 411 g/mol. The van der Waals surface area contributed by atoms with Gasteiger partial charge in [0.2, 0.25) is 11.8 Å². The summed E-state index contributed by atoms with van der Waals surface area (Å²) in [5.41, 5.74) is 1.57. The minimum absolute atomic E-state index is 0.0169. The van der Waals surface area contributed by atoms with Crippen molar-refractivity contribution < 1.29 is 14.4 Å². The van der Waals surface area contributed by atoms with Gasteiger partial charge >= 0.3 is 0 Å². The van der Waals surface area contributed by atoms with Gasteiger partial charge in [-0.25, -0.2) is 0 Å². The summed E-state index contributed by atoms with van der Waals surface area (Å²) in [6.45, 7) is 9.29. The highest BCUT2D eigenvalue weighted by Crippen LogP contribution is 2.30. The quantitative estimate of drug-likeness (QED) is 0.752. The molecule has 1 aromatic carbocycles. The third-order valence-corrected chi connectivity index (χ3v) is 6.84. The summed E-state index contributed by atoms with van der Waals surface area (Å²) >= 11 is 0. The predicted molar refractivity (Wildman–Crippen MR) is 115 cm³/mol. The molecule has 0 saturated carbocycles. The fourth-order valence-corrected chi connectivity index (χ4v) is 5.03. The lowest BCUT2D eigenvalue weighted by Gasteiger charge is -2.40. The van der Waals surface area contributed by atoms with Gasteiger partial charge in [-0.15, -0.1) is 0 Å². The van der Waals surface area contributed by atoms with Crippen molar-refractivity contribution in [1.29, 1.82) is 0 Å². The zero-order valence-electron chi connectivity index (χ0n) is 18.4. The number of benzene rings is 1. The van der Waals surface area contributed by atoms with E-state index in [-0.39, 0.29) is 35.1 Å². The van der Waals surface area contributed by atoms with Gasteiger partial charge in [0.25, 0.3) is 5.91 Å². The maximum absolute atomic E-state index is 13.0. The molecule has 162 valence electrons. The topological polar surface area (TPSA) is 60.9 Å². The number of piperidine rings is 2. The van der Waals surface area contributed by atoms with Gasteiger partial charge in [0.1, 0.15) is 0 Å². The van der Waals surface area contributed by atoms with Gasteiger partial charge in [-0.3, -0.25) is 14.4 Å². The molecular weight excluding hydrogens is 378 g/mol. The van der Waals surface area contributed by atoms with Crippen LogP contribution in [0.25, 0.3) is 0 Å². The predicted octanol–water partition coefficient (Wildman–Crippen LogP) is 2.92. The summed E-state index contributed by atoms with van der Waals surface area (Å²) in [6, 6.07) is 8.05. The molecule has 2 saturated heterocycles. The summed E-state index contributed by atoms with van der Waals surface area (Å²) in [6.07, 6.45) is 3.18. The van der Waals surface area contributed by atoms with Crippen LogP contribution in [0.5, 0.6) is 0 Å². The zero-order valence-corrected chi connectivity index (χ0v) is 18.4. The summed E-state index contributed by atoms with van der Waals surface area (Å²) < 4.78 is 0. The summed E-state index contributed by atoms with van der Waals surface area (Å²) in [5.74, 6) is 0.548. The molecule has 4 rings (SSSR count).